The molecule has 20 heavy (non-hydrogen) atoms. The maximum atomic E-state index is 11.8. The highest BCUT2D eigenvalue weighted by Gasteiger charge is 2.57. The first-order valence-electron chi connectivity index (χ1n) is 6.26. The highest BCUT2D eigenvalue weighted by molar-refractivity contribution is 5.85. The molecular formula is C14H14N2O4. The predicted octanol–water partition coefficient (Wildman–Crippen LogP) is 1.95. The van der Waals surface area contributed by atoms with Crippen molar-refractivity contribution in [2.75, 3.05) is 14.2 Å². The van der Waals surface area contributed by atoms with Gasteiger partial charge in [-0.1, -0.05) is 17.3 Å². The van der Waals surface area contributed by atoms with E-state index in [1.807, 2.05) is 24.3 Å². The molecule has 2 aromatic rings. The highest BCUT2D eigenvalue weighted by Crippen LogP contribution is 2.48. The third-order valence-corrected chi connectivity index (χ3v) is 3.49. The Morgan fingerprint density at radius 1 is 1.35 bits per heavy atom. The number of esters is 1. The van der Waals surface area contributed by atoms with Gasteiger partial charge in [0.2, 0.25) is 11.7 Å². The molecule has 0 bridgehead atoms. The molecule has 1 aromatic carbocycles. The number of methoxy groups -OCH3 is 2. The second-order valence-corrected chi connectivity index (χ2v) is 4.73. The fraction of sp³-hybridized carbons (Fsp3) is 0.357. The second-order valence-electron chi connectivity index (χ2n) is 4.73. The Morgan fingerprint density at radius 3 is 2.80 bits per heavy atom. The molecule has 6 nitrogen and oxygen atoms in total. The van der Waals surface area contributed by atoms with Crippen LogP contribution < -0.4 is 4.74 Å². The maximum absolute atomic E-state index is 11.8. The lowest BCUT2D eigenvalue weighted by Gasteiger charge is -2.05. The zero-order valence-electron chi connectivity index (χ0n) is 11.3. The van der Waals surface area contributed by atoms with Gasteiger partial charge in [-0.25, -0.2) is 0 Å². The lowest BCUT2D eigenvalue weighted by molar-refractivity contribution is -0.144. The molecule has 1 heterocycles. The van der Waals surface area contributed by atoms with Crippen molar-refractivity contribution < 1.29 is 18.8 Å². The monoisotopic (exact) mass is 274 g/mol. The molecule has 0 N–H and O–H groups in total. The largest absolute Gasteiger partial charge is 0.497 e. The van der Waals surface area contributed by atoms with Gasteiger partial charge in [0.1, 0.15) is 11.2 Å². The Labute approximate surface area is 115 Å². The molecule has 1 aliphatic rings. The van der Waals surface area contributed by atoms with E-state index >= 15 is 0 Å². The lowest BCUT2D eigenvalue weighted by Crippen LogP contribution is -2.22. The van der Waals surface area contributed by atoms with Crippen LogP contribution in [0, 0.1) is 0 Å². The minimum Gasteiger partial charge on any atom is -0.497 e. The Balaban J connectivity index is 1.92. The van der Waals surface area contributed by atoms with E-state index in [2.05, 4.69) is 10.1 Å². The van der Waals surface area contributed by atoms with Gasteiger partial charge >= 0.3 is 5.97 Å². The van der Waals surface area contributed by atoms with Crippen molar-refractivity contribution in [3.8, 4) is 17.1 Å². The first-order chi connectivity index (χ1) is 9.69. The molecule has 0 spiro atoms. The summed E-state index contributed by atoms with van der Waals surface area (Å²) in [5.41, 5.74) is 0.0406. The Hall–Kier alpha value is -2.37. The number of benzene rings is 1. The number of carbonyl (C=O) groups is 1. The summed E-state index contributed by atoms with van der Waals surface area (Å²) in [4.78, 5) is 16.1. The standard InChI is InChI=1S/C14H14N2O4/c1-18-10-5-3-4-9(8-10)11-15-12(20-16-11)14(6-7-14)13(17)19-2/h3-5,8H,6-7H2,1-2H3. The number of hydrogen-bond acceptors (Lipinski definition) is 6. The fourth-order valence-corrected chi connectivity index (χ4v) is 2.12. The van der Waals surface area contributed by atoms with Gasteiger partial charge < -0.3 is 14.0 Å². The van der Waals surface area contributed by atoms with Crippen LogP contribution in [0.5, 0.6) is 5.75 Å². The van der Waals surface area contributed by atoms with Gasteiger partial charge in [0.05, 0.1) is 14.2 Å². The fourth-order valence-electron chi connectivity index (χ4n) is 2.12. The second kappa shape index (κ2) is 4.63. The van der Waals surface area contributed by atoms with Gasteiger partial charge in [-0.15, -0.1) is 0 Å². The molecule has 0 radical (unpaired) electrons. The van der Waals surface area contributed by atoms with E-state index in [-0.39, 0.29) is 5.97 Å². The SMILES string of the molecule is COC(=O)C1(c2nc(-c3cccc(OC)c3)no2)CC1. The summed E-state index contributed by atoms with van der Waals surface area (Å²) in [5, 5.41) is 3.94. The van der Waals surface area contributed by atoms with Gasteiger partial charge in [-0.05, 0) is 25.0 Å². The summed E-state index contributed by atoms with van der Waals surface area (Å²) < 4.78 is 15.2. The summed E-state index contributed by atoms with van der Waals surface area (Å²) in [6.45, 7) is 0. The summed E-state index contributed by atoms with van der Waals surface area (Å²) in [6, 6.07) is 7.35. The average molecular weight is 274 g/mol. The first kappa shape index (κ1) is 12.7. The van der Waals surface area contributed by atoms with E-state index in [1.165, 1.54) is 7.11 Å². The first-order valence-corrected chi connectivity index (χ1v) is 6.26. The third kappa shape index (κ3) is 1.93. The van der Waals surface area contributed by atoms with E-state index < -0.39 is 5.41 Å². The van der Waals surface area contributed by atoms with Gasteiger partial charge in [-0.2, -0.15) is 4.98 Å². The van der Waals surface area contributed by atoms with Crippen LogP contribution in [0.1, 0.15) is 18.7 Å². The molecule has 1 fully saturated rings. The zero-order chi connectivity index (χ0) is 14.2. The minimum absolute atomic E-state index is 0.321. The van der Waals surface area contributed by atoms with E-state index in [1.54, 1.807) is 7.11 Å². The van der Waals surface area contributed by atoms with Crippen LogP contribution in [0.2, 0.25) is 0 Å². The van der Waals surface area contributed by atoms with Gasteiger partial charge in [0, 0.05) is 5.56 Å². The number of aromatic nitrogens is 2. The van der Waals surface area contributed by atoms with Gasteiger partial charge in [-0.3, -0.25) is 4.79 Å². The van der Waals surface area contributed by atoms with E-state index in [9.17, 15) is 4.79 Å². The van der Waals surface area contributed by atoms with E-state index in [0.717, 1.165) is 5.56 Å². The van der Waals surface area contributed by atoms with Crippen LogP contribution in [0.4, 0.5) is 0 Å². The van der Waals surface area contributed by atoms with Crippen LogP contribution in [0.25, 0.3) is 11.4 Å². The highest BCUT2D eigenvalue weighted by atomic mass is 16.5. The van der Waals surface area contributed by atoms with Crippen LogP contribution in [-0.2, 0) is 14.9 Å². The summed E-state index contributed by atoms with van der Waals surface area (Å²) in [6.07, 6.45) is 1.36. The minimum atomic E-state index is -0.737. The molecule has 1 saturated carbocycles. The van der Waals surface area contributed by atoms with Crippen molar-refractivity contribution in [1.29, 1.82) is 0 Å². The maximum Gasteiger partial charge on any atom is 0.321 e. The van der Waals surface area contributed by atoms with Crippen LogP contribution in [-0.4, -0.2) is 30.3 Å². The van der Waals surface area contributed by atoms with Gasteiger partial charge in [0.15, 0.2) is 0 Å². The Morgan fingerprint density at radius 2 is 2.15 bits per heavy atom. The quantitative estimate of drug-likeness (QED) is 0.793. The van der Waals surface area contributed by atoms with Crippen LogP contribution in [0.15, 0.2) is 28.8 Å². The summed E-state index contributed by atoms with van der Waals surface area (Å²) in [7, 11) is 2.96. The topological polar surface area (TPSA) is 74.5 Å². The van der Waals surface area contributed by atoms with Crippen molar-refractivity contribution >= 4 is 5.97 Å². The number of nitrogens with zero attached hydrogens (tertiary/aromatic N) is 2. The molecule has 6 heteroatoms. The summed E-state index contributed by atoms with van der Waals surface area (Å²) in [5.74, 6) is 1.15. The third-order valence-electron chi connectivity index (χ3n) is 3.49. The molecule has 104 valence electrons. The van der Waals surface area contributed by atoms with E-state index in [4.69, 9.17) is 14.0 Å². The summed E-state index contributed by atoms with van der Waals surface area (Å²) >= 11 is 0. The number of carbonyl (C=O) groups excluding carboxylic acids is 1. The molecule has 0 unspecified atom stereocenters. The molecule has 1 aromatic heterocycles. The normalized spacial score (nSPS) is 15.7. The molecule has 0 amide bonds. The number of ether oxygens (including phenoxy) is 2. The smallest absolute Gasteiger partial charge is 0.321 e. The Bertz CT molecular complexity index is 646. The average Bonchev–Trinajstić information content (AvgIpc) is 3.16. The number of hydrogen-bond donors (Lipinski definition) is 0. The molecule has 0 atom stereocenters. The van der Waals surface area contributed by atoms with Crippen LogP contribution in [0.3, 0.4) is 0 Å². The molecular weight excluding hydrogens is 260 g/mol. The van der Waals surface area contributed by atoms with Crippen molar-refractivity contribution in [3.63, 3.8) is 0 Å². The van der Waals surface area contributed by atoms with Crippen molar-refractivity contribution in [2.45, 2.75) is 18.3 Å². The van der Waals surface area contributed by atoms with Crippen LogP contribution >= 0.6 is 0 Å². The lowest BCUT2D eigenvalue weighted by atomic mass is 10.1. The molecule has 3 rings (SSSR count). The van der Waals surface area contributed by atoms with E-state index in [0.29, 0.717) is 30.3 Å². The van der Waals surface area contributed by atoms with Crippen molar-refractivity contribution in [1.82, 2.24) is 10.1 Å². The molecule has 0 saturated heterocycles. The van der Waals surface area contributed by atoms with Crippen molar-refractivity contribution in [3.05, 3.63) is 30.2 Å². The molecule has 0 aliphatic heterocycles. The molecule has 1 aliphatic carbocycles. The zero-order valence-corrected chi connectivity index (χ0v) is 11.3. The predicted molar refractivity (Wildman–Crippen MR) is 69.2 cm³/mol. The Kier molecular flexibility index (Phi) is 2.93. The van der Waals surface area contributed by atoms with Gasteiger partial charge in [0.25, 0.3) is 0 Å². The number of rotatable bonds is 4. The van der Waals surface area contributed by atoms with Crippen molar-refractivity contribution in [2.24, 2.45) is 0 Å².